The van der Waals surface area contributed by atoms with Crippen molar-refractivity contribution in [2.24, 2.45) is 11.8 Å². The van der Waals surface area contributed by atoms with Gasteiger partial charge in [-0.05, 0) is 61.1 Å². The molecule has 0 unspecified atom stereocenters. The van der Waals surface area contributed by atoms with E-state index in [-0.39, 0.29) is 43.0 Å². The van der Waals surface area contributed by atoms with Crippen LogP contribution in [0.25, 0.3) is 0 Å². The summed E-state index contributed by atoms with van der Waals surface area (Å²) in [6.45, 7) is 2.29. The molecule has 13 heteroatoms. The molecular weight excluding hydrogens is 755 g/mol. The van der Waals surface area contributed by atoms with Gasteiger partial charge in [-0.2, -0.15) is 0 Å². The molecule has 3 amide bonds. The second-order valence-corrected chi connectivity index (χ2v) is 13.2. The van der Waals surface area contributed by atoms with E-state index in [4.69, 9.17) is 44.9 Å². The molecule has 0 bridgehead atoms. The predicted molar refractivity (Wildman–Crippen MR) is 222 cm³/mol. The average Bonchev–Trinajstić information content (AvgIpc) is 3.24. The van der Waals surface area contributed by atoms with Crippen LogP contribution in [0.5, 0.6) is 0 Å². The maximum Gasteiger partial charge on any atom is 0.410 e. The van der Waals surface area contributed by atoms with Crippen molar-refractivity contribution in [3.63, 3.8) is 0 Å². The van der Waals surface area contributed by atoms with E-state index in [0.717, 1.165) is 35.3 Å². The zero-order valence-corrected chi connectivity index (χ0v) is 32.7. The third kappa shape index (κ3) is 18.6. The molecule has 4 aromatic carbocycles. The fourth-order valence-corrected chi connectivity index (χ4v) is 5.54. The molecule has 0 aliphatic carbocycles. The number of carboxylic acid groups (broad SMARTS) is 1. The smallest absolute Gasteiger partial charge is 0.410 e. The van der Waals surface area contributed by atoms with E-state index in [0.29, 0.717) is 32.5 Å². The molecule has 2 aliphatic heterocycles. The zero-order valence-electron chi connectivity index (χ0n) is 32.2. The summed E-state index contributed by atoms with van der Waals surface area (Å²) in [5, 5.41) is 12.1. The Balaban J connectivity index is 0.000000306. The fraction of sp³-hybridized carbons (Fsp3) is 0.302. The summed E-state index contributed by atoms with van der Waals surface area (Å²) in [5.41, 5.74) is 8.82. The van der Waals surface area contributed by atoms with Crippen molar-refractivity contribution in [3.8, 4) is 12.8 Å². The Labute approximate surface area is 341 Å². The van der Waals surface area contributed by atoms with Crippen LogP contribution < -0.4 is 11.1 Å². The number of ether oxygens (including phenoxy) is 2. The third-order valence-corrected chi connectivity index (χ3v) is 8.33. The van der Waals surface area contributed by atoms with Crippen molar-refractivity contribution in [2.75, 3.05) is 42.6 Å². The molecule has 298 valence electrons. The number of nitrogens with zero attached hydrogens (tertiary/aromatic N) is 2. The van der Waals surface area contributed by atoms with Gasteiger partial charge in [0.15, 0.2) is 0 Å². The molecule has 0 spiro atoms. The first kappa shape index (κ1) is 44.7. The number of nitrogens with one attached hydrogen (secondary N) is 1. The van der Waals surface area contributed by atoms with E-state index in [1.807, 2.05) is 121 Å². The molecule has 0 radical (unpaired) electrons. The maximum absolute atomic E-state index is 12.4. The monoisotopic (exact) mass is 805 g/mol. The van der Waals surface area contributed by atoms with Crippen LogP contribution in [0.3, 0.4) is 0 Å². The lowest BCUT2D eigenvalue weighted by Gasteiger charge is -2.31. The van der Waals surface area contributed by atoms with Crippen LogP contribution in [0.15, 0.2) is 121 Å². The molecule has 2 saturated heterocycles. The Morgan fingerprint density at radius 1 is 0.714 bits per heavy atom. The number of hydrogen-bond donors (Lipinski definition) is 3. The minimum absolute atomic E-state index is 0.0493. The van der Waals surface area contributed by atoms with Crippen molar-refractivity contribution in [1.82, 2.24) is 9.80 Å². The standard InChI is InChI=1S/C20H22N2O3.C14H17NO4.C6H7N.C2H2.CH2Cl2/c23-19(21-18-11-5-2-6-12-18)17-10-7-13-22(14-17)20(24)25-15-16-8-3-1-4-9-16;16-13(17)12-7-4-8-15(9-12)14(18)19-10-11-5-2-1-3-6-11;7-6-4-2-1-3-5-6;1-2;2-1-3/h1-6,8-9,11-12,17H,7,10,13-15H2,(H,21,23);1-3,5-6,12H,4,7-10H2,(H,16,17);1-5H,7H2;1-2H;1H2/t17-;12-;;;/m11.../s1/i;;;1D;. The largest absolute Gasteiger partial charge is 0.481 e. The van der Waals surface area contributed by atoms with Gasteiger partial charge in [0.1, 0.15) is 14.6 Å². The number of aliphatic carboxylic acids is 1. The lowest BCUT2D eigenvalue weighted by atomic mass is 9.97. The molecule has 4 N–H and O–H groups in total. The summed E-state index contributed by atoms with van der Waals surface area (Å²) >= 11 is 9.53. The molecule has 2 aliphatic rings. The number of carboxylic acids is 1. The SMILES string of the molecule is ClCCl.Nc1ccccc1.O=C(Nc1ccccc1)[C@@H]1CCCN(C(=O)OCc2ccccc2)C1.O=C(O)[C@@H]1CCCN(C(=O)OCc2ccccc2)C1.[2H]C#C. The lowest BCUT2D eigenvalue weighted by Crippen LogP contribution is -2.43. The number of likely N-dealkylation sites (tertiary alicyclic amines) is 2. The Hall–Kier alpha value is -5.70. The zero-order chi connectivity index (χ0) is 41.7. The van der Waals surface area contributed by atoms with Gasteiger partial charge in [-0.25, -0.2) is 9.59 Å². The number of halogens is 2. The van der Waals surface area contributed by atoms with E-state index in [9.17, 15) is 19.2 Å². The lowest BCUT2D eigenvalue weighted by molar-refractivity contribution is -0.143. The van der Waals surface area contributed by atoms with Gasteiger partial charge >= 0.3 is 18.2 Å². The average molecular weight is 807 g/mol. The molecule has 0 aromatic heterocycles. The quantitative estimate of drug-likeness (QED) is 0.0953. The number of rotatable bonds is 7. The number of terminal acetylenes is 1. The van der Waals surface area contributed by atoms with Crippen molar-refractivity contribution in [2.45, 2.75) is 38.9 Å². The van der Waals surface area contributed by atoms with E-state index in [1.165, 1.54) is 11.3 Å². The molecule has 2 atom stereocenters. The van der Waals surface area contributed by atoms with E-state index < -0.39 is 18.0 Å². The first-order valence-corrected chi connectivity index (χ1v) is 19.0. The second-order valence-electron chi connectivity index (χ2n) is 12.4. The summed E-state index contributed by atoms with van der Waals surface area (Å²) in [5.74, 6) is -1.58. The number of piperidine rings is 2. The van der Waals surface area contributed by atoms with Gasteiger partial charge in [-0.15, -0.1) is 36.0 Å². The van der Waals surface area contributed by atoms with Gasteiger partial charge < -0.3 is 35.4 Å². The van der Waals surface area contributed by atoms with Crippen LogP contribution in [0.1, 0.15) is 38.2 Å². The first-order chi connectivity index (χ1) is 27.6. The van der Waals surface area contributed by atoms with Crippen LogP contribution in [-0.4, -0.2) is 70.5 Å². The number of nitrogens with two attached hydrogens (primary N) is 1. The molecule has 2 fully saturated rings. The molecule has 4 aromatic rings. The normalized spacial score (nSPS) is 15.6. The van der Waals surface area contributed by atoms with Gasteiger partial charge in [0, 0.05) is 37.6 Å². The molecular formula is C43H50Cl2N4O7. The highest BCUT2D eigenvalue weighted by molar-refractivity contribution is 6.40. The number of anilines is 2. The van der Waals surface area contributed by atoms with Crippen LogP contribution in [0.2, 0.25) is 0 Å². The number of amides is 3. The first-order valence-electron chi connectivity index (χ1n) is 18.4. The minimum atomic E-state index is -0.847. The molecule has 6 rings (SSSR count). The molecule has 11 nitrogen and oxygen atoms in total. The van der Waals surface area contributed by atoms with Crippen LogP contribution >= 0.6 is 23.2 Å². The van der Waals surface area contributed by atoms with Crippen molar-refractivity contribution in [1.29, 1.82) is 0 Å². The minimum Gasteiger partial charge on any atom is -0.481 e. The maximum atomic E-state index is 12.4. The number of alkyl halides is 2. The predicted octanol–water partition coefficient (Wildman–Crippen LogP) is 8.73. The summed E-state index contributed by atoms with van der Waals surface area (Å²) in [6.07, 6.45) is 7.87. The van der Waals surface area contributed by atoms with Gasteiger partial charge in [0.25, 0.3) is 0 Å². The highest BCUT2D eigenvalue weighted by Crippen LogP contribution is 2.20. The van der Waals surface area contributed by atoms with Crippen LogP contribution in [-0.2, 0) is 32.3 Å². The van der Waals surface area contributed by atoms with Crippen LogP contribution in [0, 0.1) is 24.7 Å². The Bertz CT molecular complexity index is 1770. The van der Waals surface area contributed by atoms with Crippen molar-refractivity contribution >= 4 is 58.6 Å². The number of carbonyl (C=O) groups is 4. The Morgan fingerprint density at radius 2 is 1.09 bits per heavy atom. The number of hydrogen-bond acceptors (Lipinski definition) is 7. The summed E-state index contributed by atoms with van der Waals surface area (Å²) in [6, 6.07) is 37.8. The highest BCUT2D eigenvalue weighted by atomic mass is 35.5. The molecule has 56 heavy (non-hydrogen) atoms. The third-order valence-electron chi connectivity index (χ3n) is 8.33. The summed E-state index contributed by atoms with van der Waals surface area (Å²) in [7, 11) is 0. The number of benzene rings is 4. The van der Waals surface area contributed by atoms with Crippen LogP contribution in [0.4, 0.5) is 21.0 Å². The number of nitrogen functional groups attached to an aromatic ring is 1. The van der Waals surface area contributed by atoms with E-state index in [2.05, 4.69) is 11.7 Å². The summed E-state index contributed by atoms with van der Waals surface area (Å²) < 4.78 is 16.3. The fourth-order valence-electron chi connectivity index (χ4n) is 5.54. The van der Waals surface area contributed by atoms with Crippen molar-refractivity contribution < 1.29 is 35.1 Å². The Kier molecular flexibility index (Phi) is 22.2. The molecule has 2 heterocycles. The topological polar surface area (TPSA) is 152 Å². The summed E-state index contributed by atoms with van der Waals surface area (Å²) in [4.78, 5) is 50.6. The van der Waals surface area contributed by atoms with E-state index in [1.54, 1.807) is 4.90 Å². The van der Waals surface area contributed by atoms with Gasteiger partial charge in [0.2, 0.25) is 5.91 Å². The molecule has 0 saturated carbocycles. The second kappa shape index (κ2) is 27.8. The van der Waals surface area contributed by atoms with Gasteiger partial charge in [-0.3, -0.25) is 9.59 Å². The van der Waals surface area contributed by atoms with Crippen molar-refractivity contribution in [3.05, 3.63) is 132 Å². The van der Waals surface area contributed by atoms with E-state index >= 15 is 0 Å². The number of para-hydroxylation sites is 2. The highest BCUT2D eigenvalue weighted by Gasteiger charge is 2.30. The Morgan fingerprint density at radius 3 is 1.48 bits per heavy atom. The van der Waals surface area contributed by atoms with Gasteiger partial charge in [0.05, 0.1) is 17.2 Å². The number of carbonyl (C=O) groups excluding carboxylic acids is 3. The van der Waals surface area contributed by atoms with Gasteiger partial charge in [-0.1, -0.05) is 97.1 Å².